The van der Waals surface area contributed by atoms with Gasteiger partial charge < -0.3 is 15.9 Å². The maximum atomic E-state index is 9.24. The van der Waals surface area contributed by atoms with Crippen molar-refractivity contribution in [2.45, 2.75) is 6.54 Å². The summed E-state index contributed by atoms with van der Waals surface area (Å²) in [5.41, 5.74) is 6.13. The van der Waals surface area contributed by atoms with Gasteiger partial charge in [0.15, 0.2) is 11.5 Å². The van der Waals surface area contributed by atoms with E-state index in [2.05, 4.69) is 31.9 Å². The highest BCUT2D eigenvalue weighted by molar-refractivity contribution is 9.13. The van der Waals surface area contributed by atoms with Crippen LogP contribution < -0.4 is 5.73 Å². The molecule has 0 atom stereocenters. The average Bonchev–Trinajstić information content (AvgIpc) is 2.08. The van der Waals surface area contributed by atoms with Gasteiger partial charge in [0, 0.05) is 11.0 Å². The van der Waals surface area contributed by atoms with E-state index < -0.39 is 0 Å². The van der Waals surface area contributed by atoms with Crippen molar-refractivity contribution in [3.8, 4) is 11.5 Å². The number of benzene rings is 1. The highest BCUT2D eigenvalue weighted by atomic mass is 79.9. The Balaban J connectivity index is 3.39. The predicted molar refractivity (Wildman–Crippen MR) is 53.1 cm³/mol. The summed E-state index contributed by atoms with van der Waals surface area (Å²) in [5, 5.41) is 18.4. The van der Waals surface area contributed by atoms with Gasteiger partial charge in [-0.3, -0.25) is 0 Å². The van der Waals surface area contributed by atoms with Crippen LogP contribution in [-0.2, 0) is 6.54 Å². The standard InChI is InChI=1S/C7H7Br2NO2/c8-5-3(2-10)1-4(11)7(12)6(5)9/h1,11-12H,2,10H2. The summed E-state index contributed by atoms with van der Waals surface area (Å²) >= 11 is 6.34. The topological polar surface area (TPSA) is 66.5 Å². The molecule has 5 heteroatoms. The molecule has 0 saturated heterocycles. The summed E-state index contributed by atoms with van der Waals surface area (Å²) in [6.07, 6.45) is 0. The SMILES string of the molecule is NCc1cc(O)c(O)c(Br)c1Br. The van der Waals surface area contributed by atoms with E-state index in [1.54, 1.807) is 0 Å². The summed E-state index contributed by atoms with van der Waals surface area (Å²) in [4.78, 5) is 0. The minimum atomic E-state index is -0.181. The molecule has 0 fully saturated rings. The molecule has 4 N–H and O–H groups in total. The molecule has 1 aromatic carbocycles. The first-order valence-electron chi connectivity index (χ1n) is 3.16. The Morgan fingerprint density at radius 3 is 2.33 bits per heavy atom. The third-order valence-corrected chi connectivity index (χ3v) is 3.67. The van der Waals surface area contributed by atoms with E-state index >= 15 is 0 Å². The lowest BCUT2D eigenvalue weighted by atomic mass is 10.2. The second kappa shape index (κ2) is 3.64. The number of aromatic hydroxyl groups is 2. The molecule has 0 aliphatic carbocycles. The third-order valence-electron chi connectivity index (χ3n) is 1.46. The number of nitrogens with two attached hydrogens (primary N) is 1. The van der Waals surface area contributed by atoms with Gasteiger partial charge in [0.2, 0.25) is 0 Å². The van der Waals surface area contributed by atoms with Gasteiger partial charge in [-0.1, -0.05) is 0 Å². The van der Waals surface area contributed by atoms with Crippen LogP contribution in [0.5, 0.6) is 11.5 Å². The third kappa shape index (κ3) is 1.57. The van der Waals surface area contributed by atoms with Crippen LogP contribution in [0.15, 0.2) is 15.0 Å². The van der Waals surface area contributed by atoms with Crippen molar-refractivity contribution < 1.29 is 10.2 Å². The summed E-state index contributed by atoms with van der Waals surface area (Å²) in [6.45, 7) is 0.299. The van der Waals surface area contributed by atoms with E-state index in [-0.39, 0.29) is 11.5 Å². The molecular formula is C7H7Br2NO2. The molecule has 0 aliphatic rings. The largest absolute Gasteiger partial charge is 0.504 e. The fraction of sp³-hybridized carbons (Fsp3) is 0.143. The van der Waals surface area contributed by atoms with Crippen LogP contribution in [0.25, 0.3) is 0 Å². The average molecular weight is 297 g/mol. The maximum Gasteiger partial charge on any atom is 0.173 e. The van der Waals surface area contributed by atoms with Gasteiger partial charge in [0.05, 0.1) is 4.47 Å². The lowest BCUT2D eigenvalue weighted by molar-refractivity contribution is 0.400. The molecule has 1 aromatic rings. The van der Waals surface area contributed by atoms with E-state index in [0.717, 1.165) is 5.56 Å². The molecule has 0 radical (unpaired) electrons. The molecule has 3 nitrogen and oxygen atoms in total. The van der Waals surface area contributed by atoms with Crippen molar-refractivity contribution in [2.75, 3.05) is 0 Å². The van der Waals surface area contributed by atoms with E-state index in [0.29, 0.717) is 15.5 Å². The van der Waals surface area contributed by atoms with Crippen LogP contribution in [0.2, 0.25) is 0 Å². The van der Waals surface area contributed by atoms with Gasteiger partial charge in [0.1, 0.15) is 0 Å². The second-order valence-corrected chi connectivity index (χ2v) is 3.82. The highest BCUT2D eigenvalue weighted by Gasteiger charge is 2.11. The molecule has 0 spiro atoms. The molecule has 1 rings (SSSR count). The van der Waals surface area contributed by atoms with Crippen LogP contribution in [-0.4, -0.2) is 10.2 Å². The first kappa shape index (κ1) is 9.83. The molecule has 0 aliphatic heterocycles. The van der Waals surface area contributed by atoms with Crippen molar-refractivity contribution in [1.82, 2.24) is 0 Å². The zero-order valence-corrected chi connectivity index (χ0v) is 9.18. The Hall–Kier alpha value is -0.260. The summed E-state index contributed by atoms with van der Waals surface area (Å²) in [5.74, 6) is -0.357. The molecule has 0 unspecified atom stereocenters. The summed E-state index contributed by atoms with van der Waals surface area (Å²) < 4.78 is 1.09. The number of phenols is 2. The predicted octanol–water partition coefficient (Wildman–Crippen LogP) is 2.08. The van der Waals surface area contributed by atoms with Gasteiger partial charge in [0.25, 0.3) is 0 Å². The van der Waals surface area contributed by atoms with E-state index in [4.69, 9.17) is 5.73 Å². The van der Waals surface area contributed by atoms with E-state index in [9.17, 15) is 10.2 Å². The molecule has 0 saturated carbocycles. The maximum absolute atomic E-state index is 9.24. The van der Waals surface area contributed by atoms with E-state index in [1.807, 2.05) is 0 Å². The second-order valence-electron chi connectivity index (χ2n) is 2.24. The number of hydrogen-bond acceptors (Lipinski definition) is 3. The minimum absolute atomic E-state index is 0.175. The summed E-state index contributed by atoms with van der Waals surface area (Å²) in [6, 6.07) is 1.42. The van der Waals surface area contributed by atoms with Crippen LogP contribution in [0.1, 0.15) is 5.56 Å². The van der Waals surface area contributed by atoms with Crippen molar-refractivity contribution in [1.29, 1.82) is 0 Å². The number of hydrogen-bond donors (Lipinski definition) is 3. The number of rotatable bonds is 1. The molecule has 66 valence electrons. The lowest BCUT2D eigenvalue weighted by Gasteiger charge is -2.07. The number of halogens is 2. The van der Waals surface area contributed by atoms with Gasteiger partial charge >= 0.3 is 0 Å². The summed E-state index contributed by atoms with van der Waals surface area (Å²) in [7, 11) is 0. The van der Waals surface area contributed by atoms with Crippen molar-refractivity contribution in [2.24, 2.45) is 5.73 Å². The highest BCUT2D eigenvalue weighted by Crippen LogP contribution is 2.40. The molecular weight excluding hydrogens is 290 g/mol. The zero-order valence-electron chi connectivity index (χ0n) is 6.01. The molecule has 0 amide bonds. The van der Waals surface area contributed by atoms with Crippen LogP contribution >= 0.6 is 31.9 Å². The Bertz CT molecular complexity index is 315. The van der Waals surface area contributed by atoms with Gasteiger partial charge in [-0.2, -0.15) is 0 Å². The van der Waals surface area contributed by atoms with Crippen molar-refractivity contribution in [3.63, 3.8) is 0 Å². The molecule has 0 aromatic heterocycles. The quantitative estimate of drug-likeness (QED) is 0.695. The first-order chi connectivity index (χ1) is 5.57. The zero-order chi connectivity index (χ0) is 9.30. The Labute approximate surface area is 86.5 Å². The molecule has 0 heterocycles. The molecule has 0 bridgehead atoms. The molecule has 12 heavy (non-hydrogen) atoms. The van der Waals surface area contributed by atoms with Crippen LogP contribution in [0.3, 0.4) is 0 Å². The van der Waals surface area contributed by atoms with Gasteiger partial charge in [-0.15, -0.1) is 0 Å². The smallest absolute Gasteiger partial charge is 0.173 e. The number of phenolic OH excluding ortho intramolecular Hbond substituents is 2. The van der Waals surface area contributed by atoms with Crippen LogP contribution in [0, 0.1) is 0 Å². The monoisotopic (exact) mass is 295 g/mol. The van der Waals surface area contributed by atoms with Crippen LogP contribution in [0.4, 0.5) is 0 Å². The van der Waals surface area contributed by atoms with E-state index in [1.165, 1.54) is 6.07 Å². The van der Waals surface area contributed by atoms with Crippen molar-refractivity contribution >= 4 is 31.9 Å². The lowest BCUT2D eigenvalue weighted by Crippen LogP contribution is -1.97. The normalized spacial score (nSPS) is 10.2. The first-order valence-corrected chi connectivity index (χ1v) is 4.75. The van der Waals surface area contributed by atoms with Gasteiger partial charge in [-0.25, -0.2) is 0 Å². The fourth-order valence-electron chi connectivity index (χ4n) is 0.803. The Morgan fingerprint density at radius 2 is 1.83 bits per heavy atom. The van der Waals surface area contributed by atoms with Crippen molar-refractivity contribution in [3.05, 3.63) is 20.6 Å². The minimum Gasteiger partial charge on any atom is -0.504 e. The Kier molecular flexibility index (Phi) is 2.98. The fourth-order valence-corrected chi connectivity index (χ4v) is 1.72. The van der Waals surface area contributed by atoms with Gasteiger partial charge in [-0.05, 0) is 43.5 Å². The Morgan fingerprint density at radius 1 is 1.25 bits per heavy atom.